The summed E-state index contributed by atoms with van der Waals surface area (Å²) in [5, 5.41) is 0. The van der Waals surface area contributed by atoms with Crippen molar-refractivity contribution in [1.29, 1.82) is 0 Å². The third kappa shape index (κ3) is 16.5. The van der Waals surface area contributed by atoms with Crippen molar-refractivity contribution < 1.29 is 46.1 Å². The Bertz CT molecular complexity index is 2290. The van der Waals surface area contributed by atoms with Crippen LogP contribution in [0.5, 0.6) is 23.0 Å². The first-order valence-corrected chi connectivity index (χ1v) is 23.2. The van der Waals surface area contributed by atoms with Crippen LogP contribution in [0, 0.1) is 47.0 Å². The molecule has 5 aromatic rings. The molecule has 6 nitrogen and oxygen atoms in total. The van der Waals surface area contributed by atoms with E-state index in [1.165, 1.54) is 131 Å². The van der Waals surface area contributed by atoms with Crippen molar-refractivity contribution in [3.8, 4) is 46.7 Å². The van der Waals surface area contributed by atoms with E-state index in [0.717, 1.165) is 38.5 Å². The Balaban J connectivity index is 1.07. The first kappa shape index (κ1) is 50.5. The van der Waals surface area contributed by atoms with Crippen LogP contribution < -0.4 is 18.9 Å². The fourth-order valence-electron chi connectivity index (χ4n) is 6.91. The van der Waals surface area contributed by atoms with Gasteiger partial charge in [-0.3, -0.25) is 0 Å². The molecule has 10 heteroatoms. The number of unbranched alkanes of at least 4 members (excludes halogenated alkanes) is 14. The van der Waals surface area contributed by atoms with Gasteiger partial charge in [-0.1, -0.05) is 133 Å². The van der Waals surface area contributed by atoms with Gasteiger partial charge in [0.15, 0.2) is 23.1 Å². The van der Waals surface area contributed by atoms with Crippen LogP contribution in [0.3, 0.4) is 0 Å². The van der Waals surface area contributed by atoms with Crippen molar-refractivity contribution >= 4 is 11.9 Å². The zero-order valence-electron chi connectivity index (χ0n) is 37.9. The molecule has 0 amide bonds. The van der Waals surface area contributed by atoms with Crippen LogP contribution in [0.15, 0.2) is 97.1 Å². The summed E-state index contributed by atoms with van der Waals surface area (Å²) in [4.78, 5) is 25.9. The Morgan fingerprint density at radius 3 is 1.17 bits per heavy atom. The van der Waals surface area contributed by atoms with Crippen LogP contribution in [-0.4, -0.2) is 25.2 Å². The van der Waals surface area contributed by atoms with Gasteiger partial charge in [0.2, 0.25) is 11.6 Å². The number of ether oxygens (including phenoxy) is 4. The summed E-state index contributed by atoms with van der Waals surface area (Å²) in [6.07, 6.45) is 17.9. The van der Waals surface area contributed by atoms with E-state index in [1.54, 1.807) is 30.3 Å². The lowest BCUT2D eigenvalue weighted by Crippen LogP contribution is -2.10. The number of carbonyl (C=O) groups is 2. The van der Waals surface area contributed by atoms with E-state index in [2.05, 4.69) is 37.5 Å². The molecule has 0 radical (unpaired) electrons. The van der Waals surface area contributed by atoms with E-state index >= 15 is 0 Å². The maximum atomic E-state index is 14.8. The molecule has 0 spiro atoms. The van der Waals surface area contributed by atoms with Crippen LogP contribution >= 0.6 is 0 Å². The molecule has 0 N–H and O–H groups in total. The van der Waals surface area contributed by atoms with E-state index in [9.17, 15) is 27.2 Å². The number of esters is 2. The van der Waals surface area contributed by atoms with Crippen molar-refractivity contribution in [1.82, 2.24) is 0 Å². The lowest BCUT2D eigenvalue weighted by atomic mass is 10.1. The third-order valence-corrected chi connectivity index (χ3v) is 10.8. The second-order valence-electron chi connectivity index (χ2n) is 16.0. The number of rotatable bonds is 24. The van der Waals surface area contributed by atoms with Crippen molar-refractivity contribution in [3.63, 3.8) is 0 Å². The Kier molecular flexibility index (Phi) is 21.2. The molecule has 0 aliphatic heterocycles. The van der Waals surface area contributed by atoms with Gasteiger partial charge in [0.1, 0.15) is 11.5 Å². The minimum atomic E-state index is -1.09. The topological polar surface area (TPSA) is 71.1 Å². The molecule has 0 aliphatic carbocycles. The normalized spacial score (nSPS) is 10.6. The van der Waals surface area contributed by atoms with Crippen molar-refractivity contribution in [2.45, 2.75) is 117 Å². The minimum Gasteiger partial charge on any atom is -0.490 e. The van der Waals surface area contributed by atoms with E-state index in [0.29, 0.717) is 24.3 Å². The molecule has 0 saturated carbocycles. The monoisotopic (exact) mass is 902 g/mol. The van der Waals surface area contributed by atoms with Gasteiger partial charge >= 0.3 is 11.9 Å². The van der Waals surface area contributed by atoms with E-state index in [1.807, 2.05) is 0 Å². The average Bonchev–Trinajstić information content (AvgIpc) is 3.33. The maximum absolute atomic E-state index is 14.8. The molecule has 5 rings (SSSR count). The number of hydrogen-bond acceptors (Lipinski definition) is 6. The summed E-state index contributed by atoms with van der Waals surface area (Å²) in [5.41, 5.74) is 1.07. The van der Waals surface area contributed by atoms with Crippen molar-refractivity contribution in [3.05, 3.63) is 154 Å². The van der Waals surface area contributed by atoms with Gasteiger partial charge in [-0.05, 0) is 97.8 Å². The lowest BCUT2D eigenvalue weighted by Gasteiger charge is -2.08. The Hall–Kier alpha value is -6.52. The average molecular weight is 903 g/mol. The molecule has 0 fully saturated rings. The summed E-state index contributed by atoms with van der Waals surface area (Å²) < 4.78 is 81.1. The predicted molar refractivity (Wildman–Crippen MR) is 250 cm³/mol. The zero-order valence-corrected chi connectivity index (χ0v) is 37.9. The Morgan fingerprint density at radius 1 is 0.424 bits per heavy atom. The number of hydrogen-bond donors (Lipinski definition) is 0. The fourth-order valence-corrected chi connectivity index (χ4v) is 6.91. The highest BCUT2D eigenvalue weighted by molar-refractivity contribution is 5.92. The van der Waals surface area contributed by atoms with E-state index < -0.39 is 35.2 Å². The van der Waals surface area contributed by atoms with Crippen LogP contribution in [0.25, 0.3) is 0 Å². The minimum absolute atomic E-state index is 0.120. The number of halogens is 4. The first-order chi connectivity index (χ1) is 32.2. The van der Waals surface area contributed by atoms with Gasteiger partial charge in [0.05, 0.1) is 35.5 Å². The molecule has 0 saturated heterocycles. The summed E-state index contributed by atoms with van der Waals surface area (Å²) >= 11 is 0. The highest BCUT2D eigenvalue weighted by Crippen LogP contribution is 2.26. The van der Waals surface area contributed by atoms with Crippen molar-refractivity contribution in [2.24, 2.45) is 0 Å². The first-order valence-electron chi connectivity index (χ1n) is 23.2. The van der Waals surface area contributed by atoms with E-state index in [-0.39, 0.29) is 45.3 Å². The molecule has 0 aliphatic rings. The van der Waals surface area contributed by atoms with Gasteiger partial charge in [-0.15, -0.1) is 0 Å². The molecular formula is C56H58F4O6. The fraction of sp³-hybridized carbons (Fsp3) is 0.357. The smallest absolute Gasteiger partial charge is 0.343 e. The molecular weight excluding hydrogens is 845 g/mol. The number of carbonyl (C=O) groups excluding carboxylic acids is 2. The summed E-state index contributed by atoms with van der Waals surface area (Å²) in [5.74, 6) is 5.10. The molecule has 0 bridgehead atoms. The molecule has 0 atom stereocenters. The molecule has 0 aromatic heterocycles. The van der Waals surface area contributed by atoms with Gasteiger partial charge in [-0.25, -0.2) is 18.4 Å². The molecule has 5 aromatic carbocycles. The molecule has 66 heavy (non-hydrogen) atoms. The van der Waals surface area contributed by atoms with Crippen molar-refractivity contribution in [2.75, 3.05) is 13.2 Å². The van der Waals surface area contributed by atoms with Gasteiger partial charge in [-0.2, -0.15) is 8.78 Å². The standard InChI is InChI=1S/C56H58F4O6/c1-3-5-7-9-11-13-15-17-38-63-49-36-34-43(51(57)53(49)59)28-22-41-24-30-45(31-25-41)55(61)65-47-20-19-21-48(40-47)66-56(62)46-32-26-42(27-33-46)23-29-44-35-37-50(54(60)52(44)58)64-39-18-16-14-12-10-8-6-4-2/h19-21,24-27,30-37,40H,3-18,38-39H2,1-2H3. The Labute approximate surface area is 387 Å². The highest BCUT2D eigenvalue weighted by Gasteiger charge is 2.16. The maximum Gasteiger partial charge on any atom is 0.343 e. The van der Waals surface area contributed by atoms with Gasteiger partial charge in [0, 0.05) is 17.2 Å². The third-order valence-electron chi connectivity index (χ3n) is 10.8. The highest BCUT2D eigenvalue weighted by atomic mass is 19.2. The Morgan fingerprint density at radius 2 is 0.788 bits per heavy atom. The summed E-state index contributed by atoms with van der Waals surface area (Å²) in [6, 6.07) is 23.7. The van der Waals surface area contributed by atoms with Crippen LogP contribution in [-0.2, 0) is 0 Å². The molecule has 0 heterocycles. The number of benzene rings is 5. The van der Waals surface area contributed by atoms with Crippen LogP contribution in [0.2, 0.25) is 0 Å². The zero-order chi connectivity index (χ0) is 46.9. The van der Waals surface area contributed by atoms with E-state index in [4.69, 9.17) is 18.9 Å². The van der Waals surface area contributed by atoms with Crippen LogP contribution in [0.4, 0.5) is 17.6 Å². The quantitative estimate of drug-likeness (QED) is 0.0202. The SMILES string of the molecule is CCCCCCCCCCOc1ccc(C#Cc2ccc(C(=O)Oc3cccc(OC(=O)c4ccc(C#Cc5ccc(OCCCCCCCCCC)c(F)c5F)cc4)c3)cc2)c(F)c1F. The summed E-state index contributed by atoms with van der Waals surface area (Å²) in [6.45, 7) is 4.99. The van der Waals surface area contributed by atoms with Gasteiger partial charge < -0.3 is 18.9 Å². The largest absolute Gasteiger partial charge is 0.490 e. The van der Waals surface area contributed by atoms with Crippen LogP contribution in [0.1, 0.15) is 160 Å². The second-order valence-corrected chi connectivity index (χ2v) is 16.0. The second kappa shape index (κ2) is 27.7. The lowest BCUT2D eigenvalue weighted by molar-refractivity contribution is 0.0732. The van der Waals surface area contributed by atoms with Gasteiger partial charge in [0.25, 0.3) is 0 Å². The molecule has 0 unspecified atom stereocenters. The summed E-state index contributed by atoms with van der Waals surface area (Å²) in [7, 11) is 0. The predicted octanol–water partition coefficient (Wildman–Crippen LogP) is 14.5. The molecule has 346 valence electrons.